The van der Waals surface area contributed by atoms with Crippen molar-refractivity contribution < 1.29 is 17.9 Å². The molecule has 0 saturated carbocycles. The van der Waals surface area contributed by atoms with Crippen LogP contribution in [-0.2, 0) is 26.1 Å². The van der Waals surface area contributed by atoms with Crippen LogP contribution >= 0.6 is 11.3 Å². The van der Waals surface area contributed by atoms with E-state index in [1.54, 1.807) is 12.1 Å². The molecule has 37 heavy (non-hydrogen) atoms. The molecule has 5 rings (SSSR count). The molecule has 3 saturated heterocycles. The van der Waals surface area contributed by atoms with Crippen molar-refractivity contribution in [3.8, 4) is 0 Å². The molecule has 1 unspecified atom stereocenters. The van der Waals surface area contributed by atoms with Crippen molar-refractivity contribution >= 4 is 38.9 Å². The minimum atomic E-state index is -3.56. The number of sulfonamides is 1. The number of rotatable bonds is 8. The summed E-state index contributed by atoms with van der Waals surface area (Å²) in [5.41, 5.74) is 0. The van der Waals surface area contributed by atoms with Crippen LogP contribution in [0.4, 0.5) is 11.6 Å². The summed E-state index contributed by atoms with van der Waals surface area (Å²) in [5.74, 6) is 1.51. The van der Waals surface area contributed by atoms with E-state index in [1.807, 2.05) is 12.1 Å². The van der Waals surface area contributed by atoms with Crippen LogP contribution in [0.1, 0.15) is 24.6 Å². The first-order chi connectivity index (χ1) is 17.9. The van der Waals surface area contributed by atoms with E-state index in [2.05, 4.69) is 30.2 Å². The molecule has 11 nitrogen and oxygen atoms in total. The summed E-state index contributed by atoms with van der Waals surface area (Å²) in [6.45, 7) is 9.42. The van der Waals surface area contributed by atoms with Crippen molar-refractivity contribution in [2.45, 2.75) is 36.6 Å². The highest BCUT2D eigenvalue weighted by Gasteiger charge is 2.30. The normalized spacial score (nSPS) is 21.9. The summed E-state index contributed by atoms with van der Waals surface area (Å²) in [6, 6.07) is 7.38. The lowest BCUT2D eigenvalue weighted by Crippen LogP contribution is -2.49. The van der Waals surface area contributed by atoms with Crippen molar-refractivity contribution in [1.82, 2.24) is 24.7 Å². The minimum absolute atomic E-state index is 0.141. The van der Waals surface area contributed by atoms with Gasteiger partial charge < -0.3 is 19.9 Å². The highest BCUT2D eigenvalue weighted by atomic mass is 32.2. The Morgan fingerprint density at radius 1 is 1.00 bits per heavy atom. The first-order valence-electron chi connectivity index (χ1n) is 12.9. The fourth-order valence-electron chi connectivity index (χ4n) is 4.98. The Bertz CT molecular complexity index is 1150. The van der Waals surface area contributed by atoms with Gasteiger partial charge in [-0.15, -0.1) is 21.5 Å². The van der Waals surface area contributed by atoms with Gasteiger partial charge in [-0.3, -0.25) is 9.69 Å². The number of nitrogens with one attached hydrogen (secondary N) is 1. The van der Waals surface area contributed by atoms with Crippen molar-refractivity contribution in [3.05, 3.63) is 29.1 Å². The van der Waals surface area contributed by atoms with Gasteiger partial charge in [0.1, 0.15) is 4.21 Å². The zero-order valence-electron chi connectivity index (χ0n) is 21.2. The second kappa shape index (κ2) is 11.6. The van der Waals surface area contributed by atoms with Gasteiger partial charge in [0, 0.05) is 77.3 Å². The number of thiophene rings is 1. The lowest BCUT2D eigenvalue weighted by Gasteiger charge is -2.36. The molecule has 202 valence electrons. The second-order valence-electron chi connectivity index (χ2n) is 9.69. The van der Waals surface area contributed by atoms with E-state index in [9.17, 15) is 13.2 Å². The van der Waals surface area contributed by atoms with E-state index in [4.69, 9.17) is 4.74 Å². The van der Waals surface area contributed by atoms with Crippen LogP contribution in [0.25, 0.3) is 0 Å². The van der Waals surface area contributed by atoms with Crippen molar-refractivity contribution in [3.63, 3.8) is 0 Å². The number of piperazine rings is 2. The predicted molar refractivity (Wildman–Crippen MR) is 142 cm³/mol. The minimum Gasteiger partial charge on any atom is -0.377 e. The molecule has 3 aliphatic rings. The smallest absolute Gasteiger partial charge is 0.252 e. The van der Waals surface area contributed by atoms with Crippen LogP contribution in [0.3, 0.4) is 0 Å². The molecule has 1 atom stereocenters. The van der Waals surface area contributed by atoms with Crippen LogP contribution in [0.5, 0.6) is 0 Å². The van der Waals surface area contributed by atoms with Crippen LogP contribution in [0.2, 0.25) is 0 Å². The number of ether oxygens (including phenoxy) is 1. The fourth-order valence-corrected chi connectivity index (χ4v) is 7.85. The summed E-state index contributed by atoms with van der Waals surface area (Å²) in [7, 11) is -3.56. The average Bonchev–Trinajstić information content (AvgIpc) is 3.61. The van der Waals surface area contributed by atoms with Crippen molar-refractivity contribution in [2.75, 3.05) is 75.3 Å². The molecule has 1 N–H and O–H groups in total. The molecule has 1 amide bonds. The van der Waals surface area contributed by atoms with Gasteiger partial charge in [0.15, 0.2) is 11.6 Å². The van der Waals surface area contributed by atoms with Gasteiger partial charge in [-0.1, -0.05) is 0 Å². The third-order valence-corrected chi connectivity index (χ3v) is 10.6. The van der Waals surface area contributed by atoms with E-state index >= 15 is 0 Å². The second-order valence-corrected chi connectivity index (χ2v) is 13.0. The number of hydrogen-bond donors (Lipinski definition) is 1. The van der Waals surface area contributed by atoms with E-state index < -0.39 is 10.0 Å². The maximum atomic E-state index is 13.1. The maximum Gasteiger partial charge on any atom is 0.252 e. The van der Waals surface area contributed by atoms with Crippen LogP contribution in [0.15, 0.2) is 28.5 Å². The van der Waals surface area contributed by atoms with Crippen molar-refractivity contribution in [1.29, 1.82) is 0 Å². The fraction of sp³-hybridized carbons (Fsp3) is 0.625. The SMILES string of the molecule is CC(=O)NCc1ccc(S(=O)(=O)N2CCN(c3ccc(N4CCN(CC5CCCO5)CC4)nn3)CC2)s1. The first-order valence-corrected chi connectivity index (χ1v) is 15.1. The lowest BCUT2D eigenvalue weighted by molar-refractivity contribution is -0.119. The molecule has 0 bridgehead atoms. The molecular formula is C24H35N7O4S2. The predicted octanol–water partition coefficient (Wildman–Crippen LogP) is 0.986. The number of nitrogens with zero attached hydrogens (tertiary/aromatic N) is 6. The van der Waals surface area contributed by atoms with E-state index in [0.717, 1.165) is 55.8 Å². The molecular weight excluding hydrogens is 514 g/mol. The van der Waals surface area contributed by atoms with E-state index in [-0.39, 0.29) is 5.91 Å². The Morgan fingerprint density at radius 2 is 1.65 bits per heavy atom. The molecule has 3 aliphatic heterocycles. The molecule has 0 aliphatic carbocycles. The van der Waals surface area contributed by atoms with Gasteiger partial charge in [-0.2, -0.15) is 4.31 Å². The quantitative estimate of drug-likeness (QED) is 0.515. The number of amides is 1. The van der Waals surface area contributed by atoms with Gasteiger partial charge in [-0.25, -0.2) is 8.42 Å². The van der Waals surface area contributed by atoms with Gasteiger partial charge in [0.2, 0.25) is 5.91 Å². The van der Waals surface area contributed by atoms with E-state index in [0.29, 0.717) is 43.0 Å². The summed E-state index contributed by atoms with van der Waals surface area (Å²) in [4.78, 5) is 18.8. The highest BCUT2D eigenvalue weighted by Crippen LogP contribution is 2.27. The molecule has 3 fully saturated rings. The Kier molecular flexibility index (Phi) is 8.24. The Morgan fingerprint density at radius 3 is 2.22 bits per heavy atom. The van der Waals surface area contributed by atoms with Gasteiger partial charge in [-0.05, 0) is 37.1 Å². The first kappa shape index (κ1) is 26.3. The lowest BCUT2D eigenvalue weighted by atomic mass is 10.2. The van der Waals surface area contributed by atoms with Crippen LogP contribution in [-0.4, -0.2) is 105 Å². The average molecular weight is 550 g/mol. The summed E-state index contributed by atoms with van der Waals surface area (Å²) >= 11 is 1.20. The van der Waals surface area contributed by atoms with Crippen LogP contribution < -0.4 is 15.1 Å². The van der Waals surface area contributed by atoms with Gasteiger partial charge >= 0.3 is 0 Å². The number of anilines is 2. The van der Waals surface area contributed by atoms with Crippen molar-refractivity contribution in [2.24, 2.45) is 0 Å². The van der Waals surface area contributed by atoms with E-state index in [1.165, 1.54) is 35.4 Å². The standard InChI is InChI=1S/C24H35N7O4S2/c1-19(32)25-17-21-4-7-24(36-21)37(33,34)31-14-12-30(13-15-31)23-6-5-22(26-27-23)29-10-8-28(9-11-29)18-20-3-2-16-35-20/h4-7,20H,2-3,8-18H2,1H3,(H,25,32). The Balaban J connectivity index is 1.11. The molecule has 13 heteroatoms. The number of aromatic nitrogens is 2. The number of hydrogen-bond acceptors (Lipinski definition) is 10. The highest BCUT2D eigenvalue weighted by molar-refractivity contribution is 7.91. The Labute approximate surface area is 222 Å². The number of carbonyl (C=O) groups is 1. The zero-order chi connectivity index (χ0) is 25.8. The molecule has 2 aromatic rings. The third kappa shape index (κ3) is 6.40. The largest absolute Gasteiger partial charge is 0.377 e. The molecule has 0 spiro atoms. The zero-order valence-corrected chi connectivity index (χ0v) is 22.8. The Hall–Kier alpha value is -2.32. The molecule has 0 radical (unpaired) electrons. The summed E-state index contributed by atoms with van der Waals surface area (Å²) < 4.78 is 33.8. The topological polar surface area (TPSA) is 111 Å². The molecule has 0 aromatic carbocycles. The maximum absolute atomic E-state index is 13.1. The van der Waals surface area contributed by atoms with Gasteiger partial charge in [0.05, 0.1) is 12.6 Å². The van der Waals surface area contributed by atoms with Gasteiger partial charge in [0.25, 0.3) is 10.0 Å². The monoisotopic (exact) mass is 549 g/mol. The molecule has 2 aromatic heterocycles. The third-order valence-electron chi connectivity index (χ3n) is 7.12. The number of carbonyl (C=O) groups excluding carboxylic acids is 1. The van der Waals surface area contributed by atoms with Crippen LogP contribution in [0, 0.1) is 0 Å². The molecule has 5 heterocycles. The summed E-state index contributed by atoms with van der Waals surface area (Å²) in [5, 5.41) is 11.7. The summed E-state index contributed by atoms with van der Waals surface area (Å²) in [6.07, 6.45) is 2.73.